The summed E-state index contributed by atoms with van der Waals surface area (Å²) < 4.78 is 5.12. The lowest BCUT2D eigenvalue weighted by atomic mass is 10.0. The third kappa shape index (κ3) is 4.97. The SMILES string of the molecule is COc1ccc(CNC(=O)Nc2ccc(CN3CC(C)C3)cc2)cc1. The van der Waals surface area contributed by atoms with Crippen LogP contribution in [-0.4, -0.2) is 31.1 Å². The molecule has 0 spiro atoms. The van der Waals surface area contributed by atoms with E-state index in [1.165, 1.54) is 18.7 Å². The second-order valence-electron chi connectivity index (χ2n) is 6.65. The van der Waals surface area contributed by atoms with Crippen molar-refractivity contribution in [1.82, 2.24) is 10.2 Å². The van der Waals surface area contributed by atoms with Gasteiger partial charge in [0.25, 0.3) is 0 Å². The molecule has 1 saturated heterocycles. The smallest absolute Gasteiger partial charge is 0.319 e. The van der Waals surface area contributed by atoms with Gasteiger partial charge >= 0.3 is 6.03 Å². The Labute approximate surface area is 149 Å². The molecule has 5 nitrogen and oxygen atoms in total. The second-order valence-corrected chi connectivity index (χ2v) is 6.65. The van der Waals surface area contributed by atoms with Crippen LogP contribution < -0.4 is 15.4 Å². The number of anilines is 1. The molecule has 1 aliphatic rings. The van der Waals surface area contributed by atoms with Crippen LogP contribution in [0.1, 0.15) is 18.1 Å². The highest BCUT2D eigenvalue weighted by Crippen LogP contribution is 2.19. The highest BCUT2D eigenvalue weighted by atomic mass is 16.5. The molecule has 0 unspecified atom stereocenters. The van der Waals surface area contributed by atoms with Crippen molar-refractivity contribution in [3.63, 3.8) is 0 Å². The van der Waals surface area contributed by atoms with Gasteiger partial charge in [0, 0.05) is 31.9 Å². The van der Waals surface area contributed by atoms with E-state index in [-0.39, 0.29) is 6.03 Å². The summed E-state index contributed by atoms with van der Waals surface area (Å²) in [4.78, 5) is 14.4. The van der Waals surface area contributed by atoms with E-state index in [1.807, 2.05) is 36.4 Å². The first-order valence-corrected chi connectivity index (χ1v) is 8.61. The molecule has 2 amide bonds. The summed E-state index contributed by atoms with van der Waals surface area (Å²) in [6, 6.07) is 15.5. The molecule has 1 heterocycles. The van der Waals surface area contributed by atoms with E-state index >= 15 is 0 Å². The van der Waals surface area contributed by atoms with E-state index in [9.17, 15) is 4.79 Å². The maximum Gasteiger partial charge on any atom is 0.319 e. The topological polar surface area (TPSA) is 53.6 Å². The summed E-state index contributed by atoms with van der Waals surface area (Å²) >= 11 is 0. The number of carbonyl (C=O) groups is 1. The zero-order valence-corrected chi connectivity index (χ0v) is 14.8. The molecule has 5 heteroatoms. The normalized spacial score (nSPS) is 14.6. The van der Waals surface area contributed by atoms with Crippen molar-refractivity contribution >= 4 is 11.7 Å². The van der Waals surface area contributed by atoms with E-state index in [0.717, 1.165) is 29.5 Å². The van der Waals surface area contributed by atoms with Crippen LogP contribution in [0.25, 0.3) is 0 Å². The van der Waals surface area contributed by atoms with Crippen LogP contribution in [0.2, 0.25) is 0 Å². The molecular weight excluding hydrogens is 314 g/mol. The Morgan fingerprint density at radius 3 is 2.32 bits per heavy atom. The van der Waals surface area contributed by atoms with Crippen LogP contribution in [0.5, 0.6) is 5.75 Å². The van der Waals surface area contributed by atoms with Crippen molar-refractivity contribution in [2.24, 2.45) is 5.92 Å². The second kappa shape index (κ2) is 8.03. The van der Waals surface area contributed by atoms with Crippen molar-refractivity contribution in [3.05, 3.63) is 59.7 Å². The molecule has 0 atom stereocenters. The minimum absolute atomic E-state index is 0.208. The van der Waals surface area contributed by atoms with E-state index in [4.69, 9.17) is 4.74 Å². The minimum Gasteiger partial charge on any atom is -0.497 e. The number of amides is 2. The van der Waals surface area contributed by atoms with Crippen molar-refractivity contribution in [2.75, 3.05) is 25.5 Å². The van der Waals surface area contributed by atoms with Gasteiger partial charge in [-0.1, -0.05) is 31.2 Å². The van der Waals surface area contributed by atoms with Gasteiger partial charge in [-0.15, -0.1) is 0 Å². The maximum absolute atomic E-state index is 12.0. The number of likely N-dealkylation sites (tertiary alicyclic amines) is 1. The van der Waals surface area contributed by atoms with E-state index in [2.05, 4.69) is 34.6 Å². The predicted molar refractivity (Wildman–Crippen MR) is 99.7 cm³/mol. The molecule has 1 aliphatic heterocycles. The fourth-order valence-corrected chi connectivity index (χ4v) is 3.01. The van der Waals surface area contributed by atoms with Crippen LogP contribution in [0.15, 0.2) is 48.5 Å². The van der Waals surface area contributed by atoms with Crippen molar-refractivity contribution < 1.29 is 9.53 Å². The Hall–Kier alpha value is -2.53. The third-order valence-electron chi connectivity index (χ3n) is 4.37. The Bertz CT molecular complexity index is 692. The average Bonchev–Trinajstić information content (AvgIpc) is 2.61. The van der Waals surface area contributed by atoms with E-state index in [1.54, 1.807) is 7.11 Å². The summed E-state index contributed by atoms with van der Waals surface area (Å²) in [5.74, 6) is 1.62. The average molecular weight is 339 g/mol. The van der Waals surface area contributed by atoms with Gasteiger partial charge < -0.3 is 15.4 Å². The Balaban J connectivity index is 1.44. The first-order chi connectivity index (χ1) is 12.1. The van der Waals surface area contributed by atoms with E-state index < -0.39 is 0 Å². The van der Waals surface area contributed by atoms with Crippen molar-refractivity contribution in [1.29, 1.82) is 0 Å². The summed E-state index contributed by atoms with van der Waals surface area (Å²) in [5.41, 5.74) is 3.10. The van der Waals surface area contributed by atoms with Gasteiger partial charge in [-0.2, -0.15) is 0 Å². The van der Waals surface area contributed by atoms with Gasteiger partial charge in [0.05, 0.1) is 7.11 Å². The number of ether oxygens (including phenoxy) is 1. The molecule has 0 bridgehead atoms. The van der Waals surface area contributed by atoms with Gasteiger partial charge in [-0.05, 0) is 41.3 Å². The zero-order chi connectivity index (χ0) is 17.6. The van der Waals surface area contributed by atoms with E-state index in [0.29, 0.717) is 6.54 Å². The number of rotatable bonds is 6. The summed E-state index contributed by atoms with van der Waals surface area (Å²) in [6.45, 7) is 6.07. The summed E-state index contributed by atoms with van der Waals surface area (Å²) in [5, 5.41) is 5.72. The number of nitrogens with one attached hydrogen (secondary N) is 2. The van der Waals surface area contributed by atoms with Gasteiger partial charge in [0.1, 0.15) is 5.75 Å². The molecule has 2 aromatic carbocycles. The fourth-order valence-electron chi connectivity index (χ4n) is 3.01. The fraction of sp³-hybridized carbons (Fsp3) is 0.350. The Morgan fingerprint density at radius 1 is 1.08 bits per heavy atom. The van der Waals surface area contributed by atoms with Gasteiger partial charge in [0.15, 0.2) is 0 Å². The number of hydrogen-bond donors (Lipinski definition) is 2. The predicted octanol–water partition coefficient (Wildman–Crippen LogP) is 3.47. The molecular formula is C20H25N3O2. The molecule has 132 valence electrons. The number of nitrogens with zero attached hydrogens (tertiary/aromatic N) is 1. The number of methoxy groups -OCH3 is 1. The standard InChI is InChI=1S/C20H25N3O2/c1-15-12-23(13-15)14-17-3-7-18(8-4-17)22-20(24)21-11-16-5-9-19(25-2)10-6-16/h3-10,15H,11-14H2,1-2H3,(H2,21,22,24). The quantitative estimate of drug-likeness (QED) is 0.847. The molecule has 3 rings (SSSR count). The monoisotopic (exact) mass is 339 g/mol. The Kier molecular flexibility index (Phi) is 5.56. The molecule has 2 aromatic rings. The summed E-state index contributed by atoms with van der Waals surface area (Å²) in [7, 11) is 1.63. The van der Waals surface area contributed by atoms with Gasteiger partial charge in [-0.25, -0.2) is 4.79 Å². The third-order valence-corrected chi connectivity index (χ3v) is 4.37. The lowest BCUT2D eigenvalue weighted by molar-refractivity contribution is 0.105. The highest BCUT2D eigenvalue weighted by molar-refractivity contribution is 5.89. The van der Waals surface area contributed by atoms with Crippen LogP contribution >= 0.6 is 0 Å². The van der Waals surface area contributed by atoms with Crippen LogP contribution in [0, 0.1) is 5.92 Å². The van der Waals surface area contributed by atoms with Crippen molar-refractivity contribution in [3.8, 4) is 5.75 Å². The number of benzene rings is 2. The first kappa shape index (κ1) is 17.3. The lowest BCUT2D eigenvalue weighted by Gasteiger charge is -2.37. The maximum atomic E-state index is 12.0. The first-order valence-electron chi connectivity index (χ1n) is 8.61. The lowest BCUT2D eigenvalue weighted by Crippen LogP contribution is -2.44. The molecule has 0 radical (unpaired) electrons. The molecule has 25 heavy (non-hydrogen) atoms. The van der Waals surface area contributed by atoms with Crippen LogP contribution in [-0.2, 0) is 13.1 Å². The number of carbonyl (C=O) groups excluding carboxylic acids is 1. The molecule has 0 aromatic heterocycles. The van der Waals surface area contributed by atoms with Crippen LogP contribution in [0.3, 0.4) is 0 Å². The van der Waals surface area contributed by atoms with Gasteiger partial charge in [0.2, 0.25) is 0 Å². The van der Waals surface area contributed by atoms with Crippen LogP contribution in [0.4, 0.5) is 10.5 Å². The molecule has 1 fully saturated rings. The summed E-state index contributed by atoms with van der Waals surface area (Å²) in [6.07, 6.45) is 0. The number of urea groups is 1. The Morgan fingerprint density at radius 2 is 1.72 bits per heavy atom. The zero-order valence-electron chi connectivity index (χ0n) is 14.8. The largest absolute Gasteiger partial charge is 0.497 e. The molecule has 0 aliphatic carbocycles. The number of hydrogen-bond acceptors (Lipinski definition) is 3. The van der Waals surface area contributed by atoms with Crippen molar-refractivity contribution in [2.45, 2.75) is 20.0 Å². The highest BCUT2D eigenvalue weighted by Gasteiger charge is 2.21. The molecule has 0 saturated carbocycles. The minimum atomic E-state index is -0.208. The van der Waals surface area contributed by atoms with Gasteiger partial charge in [-0.3, -0.25) is 4.90 Å². The molecule has 2 N–H and O–H groups in total.